The van der Waals surface area contributed by atoms with Crippen LogP contribution in [0, 0.1) is 6.92 Å². The molecule has 3 heterocycles. The van der Waals surface area contributed by atoms with Gasteiger partial charge in [-0.25, -0.2) is 4.68 Å². The summed E-state index contributed by atoms with van der Waals surface area (Å²) in [6.45, 7) is 2.85. The Bertz CT molecular complexity index is 1090. The standard InChI is InChI=1S/C20H17ClN4O3S/c1-11-22-23-20-25(11)24-17(12-2-5-14(21)6-3-12)19(29-20)18(26)13-4-7-15-16(10-13)28-9-8-27-15/h2-7,10,17,19,24H,8-9H2,1H3. The maximum Gasteiger partial charge on any atom is 0.210 e. The van der Waals surface area contributed by atoms with Crippen LogP contribution in [0.15, 0.2) is 47.6 Å². The summed E-state index contributed by atoms with van der Waals surface area (Å²) in [5.41, 5.74) is 4.92. The molecule has 148 valence electrons. The van der Waals surface area contributed by atoms with Crippen molar-refractivity contribution in [3.8, 4) is 11.5 Å². The van der Waals surface area contributed by atoms with E-state index in [1.807, 2.05) is 35.9 Å². The fourth-order valence-electron chi connectivity index (χ4n) is 3.44. The Kier molecular flexibility index (Phi) is 4.60. The maximum atomic E-state index is 13.5. The number of carbonyl (C=O) groups is 1. The van der Waals surface area contributed by atoms with E-state index < -0.39 is 5.25 Å². The highest BCUT2D eigenvalue weighted by Crippen LogP contribution is 2.40. The number of nitrogens with one attached hydrogen (secondary N) is 1. The number of carbonyl (C=O) groups excluding carboxylic acids is 1. The third-order valence-electron chi connectivity index (χ3n) is 4.91. The largest absolute Gasteiger partial charge is 0.486 e. The zero-order valence-corrected chi connectivity index (χ0v) is 17.0. The van der Waals surface area contributed by atoms with Gasteiger partial charge in [-0.15, -0.1) is 10.2 Å². The third-order valence-corrected chi connectivity index (χ3v) is 6.38. The molecule has 0 amide bonds. The number of rotatable bonds is 3. The molecular weight excluding hydrogens is 412 g/mol. The minimum atomic E-state index is -0.435. The van der Waals surface area contributed by atoms with Crippen molar-refractivity contribution in [3.05, 3.63) is 64.4 Å². The molecule has 0 bridgehead atoms. The number of hydrogen-bond donors (Lipinski definition) is 1. The van der Waals surface area contributed by atoms with Gasteiger partial charge in [-0.3, -0.25) is 4.79 Å². The van der Waals surface area contributed by atoms with E-state index in [-0.39, 0.29) is 11.8 Å². The van der Waals surface area contributed by atoms with E-state index in [9.17, 15) is 4.79 Å². The molecular formula is C20H17ClN4O3S. The first-order valence-corrected chi connectivity index (χ1v) is 10.4. The van der Waals surface area contributed by atoms with Gasteiger partial charge >= 0.3 is 0 Å². The van der Waals surface area contributed by atoms with E-state index in [1.165, 1.54) is 11.8 Å². The van der Waals surface area contributed by atoms with Gasteiger partial charge in [0.15, 0.2) is 17.3 Å². The van der Waals surface area contributed by atoms with Gasteiger partial charge in [-0.2, -0.15) is 0 Å². The SMILES string of the molecule is Cc1nnc2n1NC(c1ccc(Cl)cc1)C(C(=O)c1ccc3c(c1)OCCO3)S2. The van der Waals surface area contributed by atoms with Crippen molar-refractivity contribution in [2.24, 2.45) is 0 Å². The average molecular weight is 429 g/mol. The molecule has 2 aromatic carbocycles. The third kappa shape index (κ3) is 3.32. The molecule has 0 spiro atoms. The van der Waals surface area contributed by atoms with E-state index in [2.05, 4.69) is 15.6 Å². The number of thioether (sulfide) groups is 1. The average Bonchev–Trinajstić information content (AvgIpc) is 3.12. The van der Waals surface area contributed by atoms with Crippen LogP contribution in [0.1, 0.15) is 27.8 Å². The predicted octanol–water partition coefficient (Wildman–Crippen LogP) is 3.65. The van der Waals surface area contributed by atoms with Crippen molar-refractivity contribution in [2.45, 2.75) is 23.4 Å². The smallest absolute Gasteiger partial charge is 0.210 e. The highest BCUT2D eigenvalue weighted by molar-refractivity contribution is 8.00. The van der Waals surface area contributed by atoms with E-state index in [4.69, 9.17) is 21.1 Å². The summed E-state index contributed by atoms with van der Waals surface area (Å²) in [5.74, 6) is 1.97. The minimum absolute atomic E-state index is 0.0219. The van der Waals surface area contributed by atoms with Crippen molar-refractivity contribution in [3.63, 3.8) is 0 Å². The van der Waals surface area contributed by atoms with Crippen LogP contribution < -0.4 is 14.9 Å². The topological polar surface area (TPSA) is 78.3 Å². The zero-order valence-electron chi connectivity index (χ0n) is 15.5. The maximum absolute atomic E-state index is 13.5. The van der Waals surface area contributed by atoms with Crippen LogP contribution in [0.5, 0.6) is 11.5 Å². The number of nitrogens with zero attached hydrogens (tertiary/aromatic N) is 3. The van der Waals surface area contributed by atoms with Crippen LogP contribution in [0.2, 0.25) is 5.02 Å². The molecule has 29 heavy (non-hydrogen) atoms. The van der Waals surface area contributed by atoms with Crippen LogP contribution in [0.3, 0.4) is 0 Å². The molecule has 0 aliphatic carbocycles. The normalized spacial score (nSPS) is 19.9. The van der Waals surface area contributed by atoms with Gasteiger partial charge in [0, 0.05) is 10.6 Å². The molecule has 0 radical (unpaired) electrons. The second kappa shape index (κ2) is 7.27. The van der Waals surface area contributed by atoms with E-state index in [0.717, 1.165) is 11.4 Å². The lowest BCUT2D eigenvalue weighted by Gasteiger charge is -2.33. The Morgan fingerprint density at radius 2 is 1.90 bits per heavy atom. The molecule has 3 aromatic rings. The first kappa shape index (κ1) is 18.3. The van der Waals surface area contributed by atoms with Gasteiger partial charge in [0.25, 0.3) is 0 Å². The molecule has 1 aromatic heterocycles. The van der Waals surface area contributed by atoms with Gasteiger partial charge in [-0.05, 0) is 42.8 Å². The van der Waals surface area contributed by atoms with Crippen molar-refractivity contribution in [1.29, 1.82) is 0 Å². The molecule has 2 unspecified atom stereocenters. The number of aromatic nitrogens is 3. The summed E-state index contributed by atoms with van der Waals surface area (Å²) in [6.07, 6.45) is 0. The van der Waals surface area contributed by atoms with Gasteiger partial charge in [0.2, 0.25) is 5.16 Å². The predicted molar refractivity (Wildman–Crippen MR) is 110 cm³/mol. The number of ketones is 1. The van der Waals surface area contributed by atoms with Gasteiger partial charge in [0.05, 0.1) is 6.04 Å². The Labute approximate surface area is 176 Å². The Hall–Kier alpha value is -2.71. The molecule has 5 rings (SSSR count). The molecule has 0 saturated carbocycles. The number of aryl methyl sites for hydroxylation is 1. The molecule has 0 fully saturated rings. The summed E-state index contributed by atoms with van der Waals surface area (Å²) in [7, 11) is 0. The quantitative estimate of drug-likeness (QED) is 0.638. The van der Waals surface area contributed by atoms with Gasteiger partial charge in [0.1, 0.15) is 24.3 Å². The summed E-state index contributed by atoms with van der Waals surface area (Å²) in [5, 5.41) is 9.18. The number of benzene rings is 2. The Balaban J connectivity index is 1.53. The molecule has 2 aliphatic rings. The Morgan fingerprint density at radius 1 is 1.14 bits per heavy atom. The van der Waals surface area contributed by atoms with Crippen LogP contribution >= 0.6 is 23.4 Å². The minimum Gasteiger partial charge on any atom is -0.486 e. The molecule has 9 heteroatoms. The first-order valence-electron chi connectivity index (χ1n) is 9.15. The lowest BCUT2D eigenvalue weighted by Crippen LogP contribution is -2.39. The van der Waals surface area contributed by atoms with Crippen LogP contribution in [-0.2, 0) is 0 Å². The first-order chi connectivity index (χ1) is 14.1. The molecule has 7 nitrogen and oxygen atoms in total. The van der Waals surface area contributed by atoms with E-state index in [1.54, 1.807) is 18.2 Å². The fourth-order valence-corrected chi connectivity index (χ4v) is 4.77. The second-order valence-corrected chi connectivity index (χ2v) is 8.33. The van der Waals surface area contributed by atoms with E-state index in [0.29, 0.717) is 40.5 Å². The highest BCUT2D eigenvalue weighted by atomic mass is 35.5. The molecule has 2 atom stereocenters. The van der Waals surface area contributed by atoms with E-state index >= 15 is 0 Å². The number of halogens is 1. The van der Waals surface area contributed by atoms with Gasteiger partial charge in [-0.1, -0.05) is 35.5 Å². The molecule has 2 aliphatic heterocycles. The lowest BCUT2D eigenvalue weighted by molar-refractivity contribution is 0.0979. The van der Waals surface area contributed by atoms with Crippen molar-refractivity contribution >= 4 is 29.1 Å². The summed E-state index contributed by atoms with van der Waals surface area (Å²) < 4.78 is 13.0. The van der Waals surface area contributed by atoms with Crippen molar-refractivity contribution in [1.82, 2.24) is 14.9 Å². The highest BCUT2D eigenvalue weighted by Gasteiger charge is 2.38. The van der Waals surface area contributed by atoms with Crippen molar-refractivity contribution < 1.29 is 14.3 Å². The number of fused-ring (bicyclic) bond motifs is 2. The van der Waals surface area contributed by atoms with Crippen LogP contribution in [0.25, 0.3) is 0 Å². The zero-order chi connectivity index (χ0) is 20.0. The van der Waals surface area contributed by atoms with Crippen LogP contribution in [0.4, 0.5) is 0 Å². The fraction of sp³-hybridized carbons (Fsp3) is 0.250. The number of hydrogen-bond acceptors (Lipinski definition) is 7. The Morgan fingerprint density at radius 3 is 2.69 bits per heavy atom. The van der Waals surface area contributed by atoms with Gasteiger partial charge < -0.3 is 14.9 Å². The summed E-state index contributed by atoms with van der Waals surface area (Å²) in [6, 6.07) is 12.5. The number of ether oxygens (including phenoxy) is 2. The molecule has 0 saturated heterocycles. The lowest BCUT2D eigenvalue weighted by atomic mass is 9.97. The second-order valence-electron chi connectivity index (χ2n) is 6.78. The monoisotopic (exact) mass is 428 g/mol. The summed E-state index contributed by atoms with van der Waals surface area (Å²) in [4.78, 5) is 13.5. The molecule has 1 N–H and O–H groups in total. The number of Topliss-reactive ketones (excluding diaryl/α,β-unsaturated/α-hetero) is 1. The van der Waals surface area contributed by atoms with Crippen LogP contribution in [-0.4, -0.2) is 39.1 Å². The van der Waals surface area contributed by atoms with Crippen molar-refractivity contribution in [2.75, 3.05) is 18.6 Å². The summed E-state index contributed by atoms with van der Waals surface area (Å²) >= 11 is 7.46.